The van der Waals surface area contributed by atoms with Gasteiger partial charge in [-0.05, 0) is 42.8 Å². The molecule has 3 rings (SSSR count). The van der Waals surface area contributed by atoms with Crippen molar-refractivity contribution < 1.29 is 35.9 Å². The maximum Gasteiger partial charge on any atom is 0.416 e. The number of nitrogens with one attached hydrogen (secondary N) is 1. The Bertz CT molecular complexity index is 1330. The normalized spacial score (nSPS) is 11.6. The number of halogens is 3. The van der Waals surface area contributed by atoms with Gasteiger partial charge in [-0.15, -0.1) is 0 Å². The number of carbonyl (C=O) groups is 1. The summed E-state index contributed by atoms with van der Waals surface area (Å²) in [5, 5.41) is 2.62. The van der Waals surface area contributed by atoms with Gasteiger partial charge in [-0.3, -0.25) is 9.10 Å². The highest BCUT2D eigenvalue weighted by Gasteiger charge is 2.33. The van der Waals surface area contributed by atoms with Crippen LogP contribution in [0.2, 0.25) is 0 Å². The highest BCUT2D eigenvalue weighted by molar-refractivity contribution is 7.92. The van der Waals surface area contributed by atoms with Crippen LogP contribution in [0.3, 0.4) is 0 Å². The molecular formula is C25H25F3N2O5S. The number of alkyl halides is 3. The molecule has 3 aromatic carbocycles. The van der Waals surface area contributed by atoms with Gasteiger partial charge in [-0.1, -0.05) is 35.9 Å². The Morgan fingerprint density at radius 3 is 2.22 bits per heavy atom. The highest BCUT2D eigenvalue weighted by Crippen LogP contribution is 2.35. The van der Waals surface area contributed by atoms with Crippen molar-refractivity contribution >= 4 is 21.6 Å². The van der Waals surface area contributed by atoms with Gasteiger partial charge in [0.15, 0.2) is 11.5 Å². The number of methoxy groups -OCH3 is 2. The van der Waals surface area contributed by atoms with Gasteiger partial charge in [0.05, 0.1) is 30.4 Å². The first-order valence-electron chi connectivity index (χ1n) is 10.7. The Morgan fingerprint density at radius 1 is 0.944 bits per heavy atom. The van der Waals surface area contributed by atoms with Crippen LogP contribution in [0.5, 0.6) is 11.5 Å². The Morgan fingerprint density at radius 2 is 1.61 bits per heavy atom. The summed E-state index contributed by atoms with van der Waals surface area (Å²) < 4.78 is 78.1. The minimum atomic E-state index is -4.71. The molecule has 0 saturated heterocycles. The van der Waals surface area contributed by atoms with Crippen molar-refractivity contribution in [3.63, 3.8) is 0 Å². The molecule has 0 bridgehead atoms. The van der Waals surface area contributed by atoms with Crippen LogP contribution < -0.4 is 19.1 Å². The summed E-state index contributed by atoms with van der Waals surface area (Å²) in [6, 6.07) is 14.9. The number of amides is 1. The number of benzene rings is 3. The van der Waals surface area contributed by atoms with E-state index in [9.17, 15) is 26.4 Å². The molecule has 0 radical (unpaired) electrons. The Kier molecular flexibility index (Phi) is 8.13. The van der Waals surface area contributed by atoms with E-state index in [1.54, 1.807) is 12.1 Å². The van der Waals surface area contributed by atoms with Crippen molar-refractivity contribution in [1.82, 2.24) is 5.32 Å². The smallest absolute Gasteiger partial charge is 0.416 e. The van der Waals surface area contributed by atoms with Gasteiger partial charge < -0.3 is 14.8 Å². The molecule has 11 heteroatoms. The molecule has 0 aliphatic heterocycles. The third kappa shape index (κ3) is 6.28. The predicted octanol–water partition coefficient (Wildman–Crippen LogP) is 4.54. The molecule has 0 unspecified atom stereocenters. The molecule has 0 atom stereocenters. The molecule has 3 aromatic rings. The number of sulfonamides is 1. The number of carbonyl (C=O) groups excluding carboxylic acids is 1. The summed E-state index contributed by atoms with van der Waals surface area (Å²) >= 11 is 0. The SMILES string of the molecule is COc1ccc(S(=O)(=O)N(CC(=O)NCc2ccc(C)cc2)c2cccc(C(F)(F)F)c2)cc1OC. The van der Waals surface area contributed by atoms with E-state index < -0.39 is 34.2 Å². The van der Waals surface area contributed by atoms with Crippen molar-refractivity contribution in [3.8, 4) is 11.5 Å². The summed E-state index contributed by atoms with van der Waals surface area (Å²) in [5.74, 6) is -0.332. The molecule has 1 amide bonds. The molecular weight excluding hydrogens is 497 g/mol. The molecule has 7 nitrogen and oxygen atoms in total. The van der Waals surface area contributed by atoms with E-state index in [1.165, 1.54) is 38.5 Å². The van der Waals surface area contributed by atoms with Crippen LogP contribution in [-0.2, 0) is 27.5 Å². The first-order valence-corrected chi connectivity index (χ1v) is 12.1. The van der Waals surface area contributed by atoms with Crippen LogP contribution in [0.25, 0.3) is 0 Å². The number of aryl methyl sites for hydroxylation is 1. The summed E-state index contributed by atoms with van der Waals surface area (Å²) in [4.78, 5) is 12.5. The Balaban J connectivity index is 1.98. The maximum absolute atomic E-state index is 13.6. The maximum atomic E-state index is 13.6. The van der Waals surface area contributed by atoms with Crippen LogP contribution in [0, 0.1) is 6.92 Å². The quantitative estimate of drug-likeness (QED) is 0.446. The minimum Gasteiger partial charge on any atom is -0.493 e. The van der Waals surface area contributed by atoms with Gasteiger partial charge in [0.25, 0.3) is 10.0 Å². The molecule has 0 aliphatic carbocycles. The third-order valence-corrected chi connectivity index (χ3v) is 7.07. The summed E-state index contributed by atoms with van der Waals surface area (Å²) in [6.45, 7) is 1.28. The lowest BCUT2D eigenvalue weighted by molar-refractivity contribution is -0.137. The third-order valence-electron chi connectivity index (χ3n) is 5.30. The number of nitrogens with zero attached hydrogens (tertiary/aromatic N) is 1. The molecule has 0 fully saturated rings. The second-order valence-electron chi connectivity index (χ2n) is 7.84. The first-order chi connectivity index (χ1) is 17.0. The second kappa shape index (κ2) is 10.9. The standard InChI is InChI=1S/C25H25F3N2O5S/c1-17-7-9-18(10-8-17)15-29-24(31)16-30(20-6-4-5-19(13-20)25(26,27)28)36(32,33)21-11-12-22(34-2)23(14-21)35-3/h4-14H,15-16H2,1-3H3,(H,29,31). The van der Waals surface area contributed by atoms with Crippen LogP contribution in [0.15, 0.2) is 71.6 Å². The number of hydrogen-bond acceptors (Lipinski definition) is 5. The fourth-order valence-electron chi connectivity index (χ4n) is 3.35. The van der Waals surface area contributed by atoms with Crippen molar-refractivity contribution in [3.05, 3.63) is 83.4 Å². The average Bonchev–Trinajstić information content (AvgIpc) is 2.85. The zero-order chi connectivity index (χ0) is 26.5. The van der Waals surface area contributed by atoms with Crippen LogP contribution in [0.1, 0.15) is 16.7 Å². The van der Waals surface area contributed by atoms with E-state index in [-0.39, 0.29) is 28.6 Å². The van der Waals surface area contributed by atoms with E-state index in [1.807, 2.05) is 19.1 Å². The van der Waals surface area contributed by atoms with Crippen molar-refractivity contribution in [2.75, 3.05) is 25.1 Å². The van der Waals surface area contributed by atoms with Gasteiger partial charge in [0, 0.05) is 12.6 Å². The lowest BCUT2D eigenvalue weighted by Gasteiger charge is -2.25. The highest BCUT2D eigenvalue weighted by atomic mass is 32.2. The summed E-state index contributed by atoms with van der Waals surface area (Å²) in [6.07, 6.45) is -4.71. The van der Waals surface area contributed by atoms with Crippen LogP contribution in [0.4, 0.5) is 18.9 Å². The molecule has 36 heavy (non-hydrogen) atoms. The van der Waals surface area contributed by atoms with E-state index in [0.29, 0.717) is 10.4 Å². The van der Waals surface area contributed by atoms with E-state index in [2.05, 4.69) is 5.32 Å². The van der Waals surface area contributed by atoms with Crippen molar-refractivity contribution in [2.45, 2.75) is 24.5 Å². The van der Waals surface area contributed by atoms with Gasteiger partial charge in [-0.25, -0.2) is 8.42 Å². The second-order valence-corrected chi connectivity index (χ2v) is 9.70. The van der Waals surface area contributed by atoms with E-state index in [0.717, 1.165) is 23.3 Å². The first kappa shape index (κ1) is 26.9. The van der Waals surface area contributed by atoms with E-state index in [4.69, 9.17) is 9.47 Å². The van der Waals surface area contributed by atoms with Crippen LogP contribution in [-0.4, -0.2) is 35.1 Å². The lowest BCUT2D eigenvalue weighted by Crippen LogP contribution is -2.40. The fraction of sp³-hybridized carbons (Fsp3) is 0.240. The fourth-order valence-corrected chi connectivity index (χ4v) is 4.78. The molecule has 0 aliphatic rings. The van der Waals surface area contributed by atoms with Gasteiger partial charge >= 0.3 is 6.18 Å². The largest absolute Gasteiger partial charge is 0.493 e. The van der Waals surface area contributed by atoms with Crippen molar-refractivity contribution in [1.29, 1.82) is 0 Å². The molecule has 0 spiro atoms. The Hall–Kier alpha value is -3.73. The topological polar surface area (TPSA) is 84.9 Å². The number of anilines is 1. The van der Waals surface area contributed by atoms with Gasteiger partial charge in [-0.2, -0.15) is 13.2 Å². The predicted molar refractivity (Wildman–Crippen MR) is 129 cm³/mol. The average molecular weight is 523 g/mol. The molecule has 1 N–H and O–H groups in total. The zero-order valence-electron chi connectivity index (χ0n) is 19.8. The number of ether oxygens (including phenoxy) is 2. The summed E-state index contributed by atoms with van der Waals surface area (Å²) in [7, 11) is -1.80. The minimum absolute atomic E-state index is 0.103. The molecule has 0 aromatic heterocycles. The van der Waals surface area contributed by atoms with Crippen molar-refractivity contribution in [2.24, 2.45) is 0 Å². The number of rotatable bonds is 9. The number of hydrogen-bond donors (Lipinski definition) is 1. The molecule has 0 heterocycles. The lowest BCUT2D eigenvalue weighted by atomic mass is 10.1. The Labute approximate surface area is 207 Å². The van der Waals surface area contributed by atoms with Crippen LogP contribution >= 0.6 is 0 Å². The van der Waals surface area contributed by atoms with Gasteiger partial charge in [0.1, 0.15) is 6.54 Å². The molecule has 192 valence electrons. The van der Waals surface area contributed by atoms with E-state index >= 15 is 0 Å². The summed E-state index contributed by atoms with van der Waals surface area (Å²) in [5.41, 5.74) is 0.446. The monoisotopic (exact) mass is 522 g/mol. The zero-order valence-corrected chi connectivity index (χ0v) is 20.6. The molecule has 0 saturated carbocycles. The van der Waals surface area contributed by atoms with Gasteiger partial charge in [0.2, 0.25) is 5.91 Å².